The zero-order valence-electron chi connectivity index (χ0n) is 6.59. The molecule has 0 aromatic heterocycles. The van der Waals surface area contributed by atoms with Crippen molar-refractivity contribution in [2.45, 2.75) is 19.1 Å². The Hall–Kier alpha value is -0.0700. The van der Waals surface area contributed by atoms with E-state index in [1.807, 2.05) is 13.8 Å². The quantitative estimate of drug-likeness (QED) is 0.541. The molecule has 0 N–H and O–H groups in total. The number of rotatable bonds is 0. The van der Waals surface area contributed by atoms with Gasteiger partial charge in [-0.25, -0.2) is 0 Å². The van der Waals surface area contributed by atoms with Crippen LogP contribution in [0.1, 0.15) is 13.8 Å². The minimum absolute atomic E-state index is 0.108. The van der Waals surface area contributed by atoms with Crippen LogP contribution in [-0.2, 0) is 0 Å². The van der Waals surface area contributed by atoms with Crippen molar-refractivity contribution >= 4 is 28.0 Å². The van der Waals surface area contributed by atoms with Gasteiger partial charge in [0.25, 0.3) is 0 Å². The number of hydrogen-bond donors (Lipinski definition) is 0. The third-order valence-corrected chi connectivity index (χ3v) is 4.68. The van der Waals surface area contributed by atoms with Crippen molar-refractivity contribution in [2.75, 3.05) is 5.75 Å². The molecule has 2 atom stereocenters. The molecule has 2 unspecified atom stereocenters. The Kier molecular flexibility index (Phi) is 2.56. The largest absolute Gasteiger partial charge is 0.274 e. The van der Waals surface area contributed by atoms with Crippen LogP contribution in [0.4, 0.5) is 4.79 Å². The van der Waals surface area contributed by atoms with Gasteiger partial charge < -0.3 is 0 Å². The molecule has 0 saturated carbocycles. The standard InChI is InChI=1S/C8H10OS2/c1-4-8(3)5-10-7(9)11-6(8)2/h1,6H,5H2,2-3H3. The topological polar surface area (TPSA) is 17.1 Å². The maximum Gasteiger partial charge on any atom is 0.246 e. The molecule has 1 saturated heterocycles. The van der Waals surface area contributed by atoms with Crippen molar-refractivity contribution in [1.29, 1.82) is 0 Å². The third-order valence-electron chi connectivity index (χ3n) is 1.99. The molecule has 1 rings (SSSR count). The van der Waals surface area contributed by atoms with Crippen molar-refractivity contribution < 1.29 is 4.79 Å². The van der Waals surface area contributed by atoms with E-state index in [1.54, 1.807) is 0 Å². The molecule has 0 aromatic carbocycles. The fourth-order valence-electron chi connectivity index (χ4n) is 0.794. The van der Waals surface area contributed by atoms with E-state index in [4.69, 9.17) is 6.42 Å². The second-order valence-electron chi connectivity index (χ2n) is 2.86. The van der Waals surface area contributed by atoms with E-state index in [9.17, 15) is 4.79 Å². The van der Waals surface area contributed by atoms with Crippen molar-refractivity contribution in [2.24, 2.45) is 5.41 Å². The fraction of sp³-hybridized carbons (Fsp3) is 0.625. The Morgan fingerprint density at radius 2 is 2.45 bits per heavy atom. The van der Waals surface area contributed by atoms with Gasteiger partial charge in [-0.15, -0.1) is 6.42 Å². The van der Waals surface area contributed by atoms with Crippen LogP contribution in [0.2, 0.25) is 0 Å². The molecule has 1 aliphatic rings. The fourth-order valence-corrected chi connectivity index (χ4v) is 3.23. The van der Waals surface area contributed by atoms with Gasteiger partial charge in [0.05, 0.1) is 0 Å². The molecule has 1 nitrogen and oxygen atoms in total. The van der Waals surface area contributed by atoms with Crippen LogP contribution in [0.5, 0.6) is 0 Å². The highest BCUT2D eigenvalue weighted by Crippen LogP contribution is 2.42. The predicted octanol–water partition coefficient (Wildman–Crippen LogP) is 2.61. The lowest BCUT2D eigenvalue weighted by Crippen LogP contribution is -2.32. The third kappa shape index (κ3) is 1.74. The summed E-state index contributed by atoms with van der Waals surface area (Å²) in [6.45, 7) is 4.05. The molecule has 60 valence electrons. The van der Waals surface area contributed by atoms with Crippen LogP contribution in [0, 0.1) is 17.8 Å². The van der Waals surface area contributed by atoms with Gasteiger partial charge in [0.1, 0.15) is 0 Å². The Morgan fingerprint density at radius 1 is 1.82 bits per heavy atom. The van der Waals surface area contributed by atoms with Crippen LogP contribution >= 0.6 is 23.5 Å². The Bertz CT molecular complexity index is 219. The molecule has 0 radical (unpaired) electrons. The molecule has 1 heterocycles. The van der Waals surface area contributed by atoms with E-state index in [2.05, 4.69) is 5.92 Å². The summed E-state index contributed by atoms with van der Waals surface area (Å²) < 4.78 is 0.199. The van der Waals surface area contributed by atoms with E-state index in [-0.39, 0.29) is 15.1 Å². The van der Waals surface area contributed by atoms with Crippen molar-refractivity contribution in [3.63, 3.8) is 0 Å². The Labute approximate surface area is 75.7 Å². The average Bonchev–Trinajstić information content (AvgIpc) is 1.98. The second-order valence-corrected chi connectivity index (χ2v) is 5.38. The van der Waals surface area contributed by atoms with Crippen LogP contribution < -0.4 is 0 Å². The summed E-state index contributed by atoms with van der Waals surface area (Å²) in [5.41, 5.74) is -0.108. The highest BCUT2D eigenvalue weighted by molar-refractivity contribution is 8.39. The second kappa shape index (κ2) is 3.12. The van der Waals surface area contributed by atoms with E-state index < -0.39 is 0 Å². The smallest absolute Gasteiger partial charge is 0.246 e. The number of thioether (sulfide) groups is 2. The average molecular weight is 186 g/mol. The molecule has 11 heavy (non-hydrogen) atoms. The molecule has 3 heteroatoms. The summed E-state index contributed by atoms with van der Waals surface area (Å²) in [6.07, 6.45) is 5.39. The highest BCUT2D eigenvalue weighted by Gasteiger charge is 2.36. The first-order chi connectivity index (χ1) is 5.08. The number of terminal acetylenes is 1. The Morgan fingerprint density at radius 3 is 2.91 bits per heavy atom. The lowest BCUT2D eigenvalue weighted by Gasteiger charge is -2.32. The zero-order valence-corrected chi connectivity index (χ0v) is 8.22. The molecular formula is C8H10OS2. The summed E-state index contributed by atoms with van der Waals surface area (Å²) in [4.78, 5) is 10.9. The van der Waals surface area contributed by atoms with Crippen molar-refractivity contribution in [1.82, 2.24) is 0 Å². The van der Waals surface area contributed by atoms with E-state index in [1.165, 1.54) is 23.5 Å². The van der Waals surface area contributed by atoms with E-state index in [0.717, 1.165) is 5.75 Å². The lowest BCUT2D eigenvalue weighted by molar-refractivity contribution is 0.275. The number of carbonyl (C=O) groups is 1. The minimum Gasteiger partial charge on any atom is -0.274 e. The number of hydrogen-bond acceptors (Lipinski definition) is 3. The van der Waals surface area contributed by atoms with Gasteiger partial charge in [-0.2, -0.15) is 0 Å². The first-order valence-corrected chi connectivity index (χ1v) is 5.26. The molecule has 0 aliphatic carbocycles. The molecule has 1 aliphatic heterocycles. The van der Waals surface area contributed by atoms with Gasteiger partial charge in [-0.1, -0.05) is 36.4 Å². The normalized spacial score (nSPS) is 38.3. The zero-order chi connectivity index (χ0) is 8.48. The van der Waals surface area contributed by atoms with Crippen molar-refractivity contribution in [3.05, 3.63) is 0 Å². The monoisotopic (exact) mass is 186 g/mol. The first kappa shape index (κ1) is 9.02. The molecule has 0 amide bonds. The Balaban J connectivity index is 2.73. The van der Waals surface area contributed by atoms with Gasteiger partial charge in [0, 0.05) is 16.4 Å². The van der Waals surface area contributed by atoms with Gasteiger partial charge in [0.15, 0.2) is 0 Å². The minimum atomic E-state index is -0.108. The van der Waals surface area contributed by atoms with E-state index >= 15 is 0 Å². The van der Waals surface area contributed by atoms with Gasteiger partial charge in [-0.3, -0.25) is 4.79 Å². The van der Waals surface area contributed by atoms with Crippen LogP contribution in [0.15, 0.2) is 0 Å². The predicted molar refractivity (Wildman–Crippen MR) is 51.8 cm³/mol. The molecule has 1 fully saturated rings. The van der Waals surface area contributed by atoms with Crippen molar-refractivity contribution in [3.8, 4) is 12.3 Å². The summed E-state index contributed by atoms with van der Waals surface area (Å²) in [5.74, 6) is 3.52. The first-order valence-electron chi connectivity index (χ1n) is 3.40. The summed E-state index contributed by atoms with van der Waals surface area (Å²) in [6, 6.07) is 0. The van der Waals surface area contributed by atoms with E-state index in [0.29, 0.717) is 0 Å². The van der Waals surface area contributed by atoms with Gasteiger partial charge in [-0.05, 0) is 6.92 Å². The number of carbonyl (C=O) groups excluding carboxylic acids is 1. The lowest BCUT2D eigenvalue weighted by atomic mass is 9.91. The SMILES string of the molecule is C#CC1(C)CSC(=O)SC1C. The van der Waals surface area contributed by atoms with Crippen LogP contribution in [0.3, 0.4) is 0 Å². The van der Waals surface area contributed by atoms with Crippen LogP contribution in [0.25, 0.3) is 0 Å². The summed E-state index contributed by atoms with van der Waals surface area (Å²) >= 11 is 2.69. The van der Waals surface area contributed by atoms with Crippen LogP contribution in [-0.4, -0.2) is 15.5 Å². The molecule has 0 aromatic rings. The van der Waals surface area contributed by atoms with Gasteiger partial charge >= 0.3 is 0 Å². The maximum atomic E-state index is 10.9. The molecular weight excluding hydrogens is 176 g/mol. The maximum absolute atomic E-state index is 10.9. The van der Waals surface area contributed by atoms with Gasteiger partial charge in [0.2, 0.25) is 4.45 Å². The molecule has 0 bridgehead atoms. The molecule has 0 spiro atoms. The summed E-state index contributed by atoms with van der Waals surface area (Å²) in [7, 11) is 0. The summed E-state index contributed by atoms with van der Waals surface area (Å²) in [5, 5.41) is 0.251. The highest BCUT2D eigenvalue weighted by atomic mass is 32.2.